The maximum absolute atomic E-state index is 13.0. The van der Waals surface area contributed by atoms with Gasteiger partial charge in [0.05, 0.1) is 26.4 Å². The van der Waals surface area contributed by atoms with E-state index in [1.54, 1.807) is 0 Å². The second-order valence-electron chi connectivity index (χ2n) is 27.2. The van der Waals surface area contributed by atoms with Crippen molar-refractivity contribution < 1.29 is 75.8 Å². The second-order valence-corrected chi connectivity index (χ2v) is 30.1. The third-order valence-electron chi connectivity index (χ3n) is 17.0. The smallest absolute Gasteiger partial charge is 0.463 e. The highest BCUT2D eigenvalue weighted by Gasteiger charge is 2.29. The maximum atomic E-state index is 13.0. The van der Waals surface area contributed by atoms with E-state index in [2.05, 4.69) is 167 Å². The van der Waals surface area contributed by atoms with Crippen molar-refractivity contribution in [2.45, 2.75) is 347 Å². The lowest BCUT2D eigenvalue weighted by Crippen LogP contribution is -2.30. The number of rotatable bonds is 77. The number of esters is 3. The first-order valence-electron chi connectivity index (χ1n) is 41.1. The molecule has 0 aliphatic heterocycles. The summed E-state index contributed by atoms with van der Waals surface area (Å²) in [5.74, 6) is -1.60. The Balaban J connectivity index is 4.46. The highest BCUT2D eigenvalue weighted by atomic mass is 31.2. The van der Waals surface area contributed by atoms with Crippen molar-refractivity contribution in [2.24, 2.45) is 0 Å². The first-order valence-corrected chi connectivity index (χ1v) is 44.1. The fourth-order valence-corrected chi connectivity index (χ4v) is 12.4. The van der Waals surface area contributed by atoms with Crippen LogP contribution in [0.5, 0.6) is 0 Å². The van der Waals surface area contributed by atoms with E-state index in [9.17, 15) is 43.5 Å². The Morgan fingerprint density at radius 3 is 0.800 bits per heavy atom. The minimum atomic E-state index is -4.94. The summed E-state index contributed by atoms with van der Waals surface area (Å²) in [6, 6.07) is 0. The molecule has 0 aromatic carbocycles. The van der Waals surface area contributed by atoms with Gasteiger partial charge < -0.3 is 34.2 Å². The van der Waals surface area contributed by atoms with Gasteiger partial charge in [0.1, 0.15) is 25.4 Å². The number of ether oxygens (including phenoxy) is 3. The minimum Gasteiger partial charge on any atom is -0.463 e. The van der Waals surface area contributed by atoms with Gasteiger partial charge in [-0.1, -0.05) is 321 Å². The zero-order valence-electron chi connectivity index (χ0n) is 65.9. The Morgan fingerprint density at radius 2 is 0.505 bits per heavy atom. The Bertz CT molecular complexity index is 2490. The lowest BCUT2D eigenvalue weighted by atomic mass is 10.0. The Morgan fingerprint density at radius 1 is 0.276 bits per heavy atom. The Labute approximate surface area is 638 Å². The van der Waals surface area contributed by atoms with Crippen molar-refractivity contribution in [3.05, 3.63) is 146 Å². The molecule has 0 saturated carbocycles. The van der Waals surface area contributed by atoms with E-state index in [-0.39, 0.29) is 19.3 Å². The zero-order chi connectivity index (χ0) is 76.6. The molecular weight excluding hydrogens is 1360 g/mol. The molecular formula is C87H148O16P2. The molecule has 0 amide bonds. The topological polar surface area (TPSA) is 231 Å². The van der Waals surface area contributed by atoms with E-state index in [1.165, 1.54) is 103 Å². The SMILES string of the molecule is CC/C=C\C/C=C\C/C=C\C/C=C\C/C=C\CCCCCCCCCCCCCCCCCC(=O)OCC(O)COP(=O)(O)OCC(O)COP(=O)(O)OCC(COC(=O)CCCCCCCCCCC/C=C\C/C=C\C/C=C\C/C=C\C/C=C\CC)OC(=O)CCCCCCC/C=C\C/C=C\CCC. The molecule has 0 aliphatic carbocycles. The third kappa shape index (κ3) is 80.3. The fraction of sp³-hybridized carbons (Fsp3) is 0.690. The molecule has 105 heavy (non-hydrogen) atoms. The Kier molecular flexibility index (Phi) is 75.6. The molecule has 0 aliphatic rings. The molecule has 0 aromatic rings. The molecule has 0 spiro atoms. The van der Waals surface area contributed by atoms with Crippen molar-refractivity contribution in [2.75, 3.05) is 39.6 Å². The summed E-state index contributed by atoms with van der Waals surface area (Å²) >= 11 is 0. The van der Waals surface area contributed by atoms with Crippen LogP contribution in [0.4, 0.5) is 0 Å². The minimum absolute atomic E-state index is 0.0843. The monoisotopic (exact) mass is 1510 g/mol. The number of hydrogen-bond donors (Lipinski definition) is 4. The summed E-state index contributed by atoms with van der Waals surface area (Å²) in [7, 11) is -9.80. The highest BCUT2D eigenvalue weighted by molar-refractivity contribution is 7.47. The van der Waals surface area contributed by atoms with Crippen LogP contribution in [-0.2, 0) is 55.8 Å². The number of aliphatic hydroxyl groups excluding tert-OH is 2. The van der Waals surface area contributed by atoms with Gasteiger partial charge in [0.2, 0.25) is 0 Å². The van der Waals surface area contributed by atoms with E-state index >= 15 is 0 Å². The number of unbranched alkanes of at least 4 members (excludes halogenated alkanes) is 30. The molecule has 0 radical (unpaired) electrons. The summed E-state index contributed by atoms with van der Waals surface area (Å²) in [4.78, 5) is 58.7. The predicted molar refractivity (Wildman–Crippen MR) is 436 cm³/mol. The number of carbonyl (C=O) groups is 3. The molecule has 0 heterocycles. The van der Waals surface area contributed by atoms with Crippen LogP contribution in [0.3, 0.4) is 0 Å². The van der Waals surface area contributed by atoms with E-state index in [1.807, 2.05) is 0 Å². The van der Waals surface area contributed by atoms with Gasteiger partial charge in [-0.05, 0) is 135 Å². The normalized spacial score (nSPS) is 14.7. The van der Waals surface area contributed by atoms with Gasteiger partial charge in [0.25, 0.3) is 0 Å². The van der Waals surface area contributed by atoms with Crippen LogP contribution in [-0.4, -0.2) is 95.9 Å². The molecule has 5 atom stereocenters. The van der Waals surface area contributed by atoms with Crippen LogP contribution >= 0.6 is 15.6 Å². The van der Waals surface area contributed by atoms with Crippen molar-refractivity contribution >= 4 is 33.6 Å². The van der Waals surface area contributed by atoms with Gasteiger partial charge in [-0.25, -0.2) is 9.13 Å². The summed E-state index contributed by atoms with van der Waals surface area (Å²) in [5, 5.41) is 20.7. The number of phosphoric acid groups is 2. The summed E-state index contributed by atoms with van der Waals surface area (Å²) < 4.78 is 61.2. The number of aliphatic hydroxyl groups is 2. The van der Waals surface area contributed by atoms with Gasteiger partial charge in [0.15, 0.2) is 6.10 Å². The van der Waals surface area contributed by atoms with Crippen LogP contribution in [0.25, 0.3) is 0 Å². The van der Waals surface area contributed by atoms with Crippen LogP contribution in [0.15, 0.2) is 146 Å². The van der Waals surface area contributed by atoms with Crippen LogP contribution in [0, 0.1) is 0 Å². The molecule has 0 saturated heterocycles. The molecule has 0 rings (SSSR count). The highest BCUT2D eigenvalue weighted by Crippen LogP contribution is 2.45. The summed E-state index contributed by atoms with van der Waals surface area (Å²) in [5.41, 5.74) is 0. The standard InChI is InChI=1S/C87H148O16P2/c1-4-7-10-13-16-19-22-25-27-29-31-33-35-37-38-39-40-41-42-44-46-47-49-51-53-56-58-61-64-67-70-73-85(90)97-76-82(88)77-99-104(93,94)100-78-83(89)79-101-105(95,96)102-81-84(103-87(92)75-72-69-66-63-60-55-24-21-18-15-12-9-6-3)80-98-86(91)74-71-68-65-62-59-57-54-52-50-48-45-43-36-34-32-30-28-26-23-20-17-14-11-8-5-2/h7-8,10-12,15-17,19-21,24-28,31-34,37-38,43,45,82-84,88-89H,4-6,9,13-14,18,22-23,29-30,35-36,39-42,44,46-81H2,1-3H3,(H,93,94)(H,95,96)/b10-7-,11-8-,15-12-,19-16-,20-17-,24-21-,27-25-,28-26-,33-31-,34-32-,38-37-,45-43-. The molecule has 0 fully saturated rings. The second kappa shape index (κ2) is 79.0. The molecule has 0 aromatic heterocycles. The Hall–Kier alpha value is -4.57. The van der Waals surface area contributed by atoms with Gasteiger partial charge >= 0.3 is 33.6 Å². The van der Waals surface area contributed by atoms with Crippen molar-refractivity contribution in [1.82, 2.24) is 0 Å². The summed E-state index contributed by atoms with van der Waals surface area (Å²) in [6.45, 7) is 2.38. The predicted octanol–water partition coefficient (Wildman–Crippen LogP) is 24.4. The average Bonchev–Trinajstić information content (AvgIpc) is 0.913. The first kappa shape index (κ1) is 100. The van der Waals surface area contributed by atoms with Gasteiger partial charge in [-0.15, -0.1) is 0 Å². The van der Waals surface area contributed by atoms with Crippen molar-refractivity contribution in [3.63, 3.8) is 0 Å². The lowest BCUT2D eigenvalue weighted by Gasteiger charge is -2.21. The first-order chi connectivity index (χ1) is 51.2. The molecule has 0 bridgehead atoms. The van der Waals surface area contributed by atoms with E-state index in [4.69, 9.17) is 32.3 Å². The van der Waals surface area contributed by atoms with Crippen LogP contribution in [0.2, 0.25) is 0 Å². The van der Waals surface area contributed by atoms with Crippen LogP contribution < -0.4 is 0 Å². The van der Waals surface area contributed by atoms with E-state index < -0.39 is 91.5 Å². The number of allylic oxidation sites excluding steroid dienone is 24. The van der Waals surface area contributed by atoms with E-state index in [0.717, 1.165) is 167 Å². The van der Waals surface area contributed by atoms with Gasteiger partial charge in [-0.3, -0.25) is 32.5 Å². The molecule has 18 heteroatoms. The van der Waals surface area contributed by atoms with Crippen molar-refractivity contribution in [3.8, 4) is 0 Å². The maximum Gasteiger partial charge on any atom is 0.472 e. The fourth-order valence-electron chi connectivity index (χ4n) is 10.8. The third-order valence-corrected chi connectivity index (χ3v) is 18.9. The van der Waals surface area contributed by atoms with E-state index in [0.29, 0.717) is 19.3 Å². The zero-order valence-corrected chi connectivity index (χ0v) is 67.6. The lowest BCUT2D eigenvalue weighted by molar-refractivity contribution is -0.161. The average molecular weight is 1510 g/mol. The number of hydrogen-bond acceptors (Lipinski definition) is 14. The molecule has 16 nitrogen and oxygen atoms in total. The quantitative estimate of drug-likeness (QED) is 0.0146. The van der Waals surface area contributed by atoms with Gasteiger partial charge in [0, 0.05) is 19.3 Å². The number of phosphoric ester groups is 2. The number of carbonyl (C=O) groups excluding carboxylic acids is 3. The van der Waals surface area contributed by atoms with Crippen molar-refractivity contribution in [1.29, 1.82) is 0 Å². The largest absolute Gasteiger partial charge is 0.472 e. The molecule has 4 N–H and O–H groups in total. The molecule has 5 unspecified atom stereocenters. The van der Waals surface area contributed by atoms with Crippen LogP contribution in [0.1, 0.15) is 329 Å². The summed E-state index contributed by atoms with van der Waals surface area (Å²) in [6.07, 6.45) is 97.6. The van der Waals surface area contributed by atoms with Gasteiger partial charge in [-0.2, -0.15) is 0 Å². The molecule has 602 valence electrons.